The monoisotopic (exact) mass is 382 g/mol. The molecule has 0 aliphatic carbocycles. The van der Waals surface area contributed by atoms with E-state index in [1.165, 1.54) is 24.3 Å². The molecule has 0 amide bonds. The molecule has 0 saturated carbocycles. The Bertz CT molecular complexity index is 783. The van der Waals surface area contributed by atoms with Gasteiger partial charge in [0.25, 0.3) is 0 Å². The lowest BCUT2D eigenvalue weighted by atomic mass is 10.4. The number of benzene rings is 2. The fraction of sp³-hybridized carbons (Fsp3) is 0. The molecule has 0 aliphatic heterocycles. The van der Waals surface area contributed by atoms with Gasteiger partial charge in [0.05, 0.1) is 9.79 Å². The fourth-order valence-corrected chi connectivity index (χ4v) is 3.29. The first kappa shape index (κ1) is 17.2. The van der Waals surface area contributed by atoms with Crippen molar-refractivity contribution in [3.8, 4) is 0 Å². The van der Waals surface area contributed by atoms with E-state index in [0.717, 1.165) is 24.3 Å². The molecule has 0 heterocycles. The maximum absolute atomic E-state index is 11.8. The summed E-state index contributed by atoms with van der Waals surface area (Å²) in [6, 6.07) is 9.84. The molecule has 2 aromatic carbocycles. The van der Waals surface area contributed by atoms with Gasteiger partial charge in [-0.25, -0.2) is 0 Å². The number of rotatable bonds is 5. The molecule has 0 spiro atoms. The quantitative estimate of drug-likeness (QED) is 0.583. The van der Waals surface area contributed by atoms with Crippen LogP contribution in [0.25, 0.3) is 0 Å². The molecular formula is C12H8Cl2O6S2. The van der Waals surface area contributed by atoms with E-state index in [4.69, 9.17) is 23.2 Å². The van der Waals surface area contributed by atoms with Crippen molar-refractivity contribution in [2.45, 2.75) is 9.79 Å². The molecule has 0 saturated heterocycles. The van der Waals surface area contributed by atoms with E-state index >= 15 is 0 Å². The van der Waals surface area contributed by atoms with Crippen LogP contribution in [0.5, 0.6) is 0 Å². The van der Waals surface area contributed by atoms with Crippen LogP contribution in [0.3, 0.4) is 0 Å². The van der Waals surface area contributed by atoms with Crippen LogP contribution in [0.1, 0.15) is 0 Å². The first-order valence-electron chi connectivity index (χ1n) is 5.60. The Kier molecular flexibility index (Phi) is 5.10. The maximum atomic E-state index is 11.8. The number of hydrogen-bond donors (Lipinski definition) is 0. The standard InChI is InChI=1S/C12H8Cl2O6S2/c13-9-1-5-11(6-2-9)21(15,16)19-20-22(17,18)12-7-3-10(14)4-8-12/h1-8H. The number of hydrogen-bond acceptors (Lipinski definition) is 6. The fourth-order valence-electron chi connectivity index (χ4n) is 1.35. The highest BCUT2D eigenvalue weighted by Gasteiger charge is 2.23. The summed E-state index contributed by atoms with van der Waals surface area (Å²) in [5.41, 5.74) is 0. The SMILES string of the molecule is O=S(=O)(OOS(=O)(=O)c1ccc(Cl)cc1)c1ccc(Cl)cc1. The molecule has 22 heavy (non-hydrogen) atoms. The van der Waals surface area contributed by atoms with Crippen molar-refractivity contribution in [3.05, 3.63) is 58.6 Å². The highest BCUT2D eigenvalue weighted by molar-refractivity contribution is 7.89. The van der Waals surface area contributed by atoms with Gasteiger partial charge in [0.15, 0.2) is 0 Å². The minimum absolute atomic E-state index is 0.303. The third-order valence-electron chi connectivity index (χ3n) is 2.41. The summed E-state index contributed by atoms with van der Waals surface area (Å²) < 4.78 is 55.4. The second kappa shape index (κ2) is 6.53. The van der Waals surface area contributed by atoms with Gasteiger partial charge in [-0.15, -0.1) is 0 Å². The van der Waals surface area contributed by atoms with Crippen LogP contribution in [-0.4, -0.2) is 16.8 Å². The predicted molar refractivity (Wildman–Crippen MR) is 79.4 cm³/mol. The summed E-state index contributed by atoms with van der Waals surface area (Å²) in [6.45, 7) is 0. The molecule has 2 aromatic rings. The summed E-state index contributed by atoms with van der Waals surface area (Å²) in [5, 5.41) is 0.627. The van der Waals surface area contributed by atoms with E-state index in [1.54, 1.807) is 0 Å². The molecule has 0 bridgehead atoms. The van der Waals surface area contributed by atoms with Crippen LogP contribution in [0.4, 0.5) is 0 Å². The zero-order valence-electron chi connectivity index (χ0n) is 10.6. The van der Waals surface area contributed by atoms with E-state index in [2.05, 4.69) is 8.67 Å². The Morgan fingerprint density at radius 2 is 0.864 bits per heavy atom. The molecule has 0 fully saturated rings. The molecule has 0 radical (unpaired) electrons. The van der Waals surface area contributed by atoms with Crippen molar-refractivity contribution in [1.82, 2.24) is 0 Å². The van der Waals surface area contributed by atoms with Crippen molar-refractivity contribution in [2.24, 2.45) is 0 Å². The Hall–Kier alpha value is -1.16. The average molecular weight is 383 g/mol. The zero-order chi connectivity index (χ0) is 16.4. The largest absolute Gasteiger partial charge is 0.324 e. The van der Waals surface area contributed by atoms with Crippen molar-refractivity contribution >= 4 is 43.4 Å². The summed E-state index contributed by atoms with van der Waals surface area (Å²) in [5.74, 6) is 0. The van der Waals surface area contributed by atoms with E-state index in [0.29, 0.717) is 10.0 Å². The van der Waals surface area contributed by atoms with Crippen LogP contribution in [0.15, 0.2) is 58.3 Å². The highest BCUT2D eigenvalue weighted by atomic mass is 35.5. The Labute approximate surface area is 137 Å². The van der Waals surface area contributed by atoms with Gasteiger partial charge in [0, 0.05) is 10.0 Å². The minimum Gasteiger partial charge on any atom is -0.192 e. The first-order chi connectivity index (χ1) is 10.2. The lowest BCUT2D eigenvalue weighted by Crippen LogP contribution is -2.13. The van der Waals surface area contributed by atoms with Crippen molar-refractivity contribution < 1.29 is 25.5 Å². The highest BCUT2D eigenvalue weighted by Crippen LogP contribution is 2.20. The van der Waals surface area contributed by atoms with Gasteiger partial charge >= 0.3 is 20.2 Å². The smallest absolute Gasteiger partial charge is 0.192 e. The van der Waals surface area contributed by atoms with Gasteiger partial charge < -0.3 is 0 Å². The van der Waals surface area contributed by atoms with Gasteiger partial charge in [0.1, 0.15) is 0 Å². The molecule has 2 rings (SSSR count). The van der Waals surface area contributed by atoms with E-state index in [-0.39, 0.29) is 9.79 Å². The zero-order valence-corrected chi connectivity index (χ0v) is 13.8. The van der Waals surface area contributed by atoms with Gasteiger partial charge in [-0.1, -0.05) is 31.9 Å². The predicted octanol–water partition coefficient (Wildman–Crippen LogP) is 3.02. The molecule has 0 atom stereocenters. The van der Waals surface area contributed by atoms with E-state index < -0.39 is 20.2 Å². The Balaban J connectivity index is 2.17. The average Bonchev–Trinajstić information content (AvgIpc) is 2.46. The second-order valence-corrected chi connectivity index (χ2v) is 7.86. The van der Waals surface area contributed by atoms with Crippen molar-refractivity contribution in [1.29, 1.82) is 0 Å². The van der Waals surface area contributed by atoms with E-state index in [1.807, 2.05) is 0 Å². The Morgan fingerprint density at radius 1 is 0.591 bits per heavy atom. The van der Waals surface area contributed by atoms with Gasteiger partial charge in [-0.3, -0.25) is 0 Å². The normalized spacial score (nSPS) is 12.3. The van der Waals surface area contributed by atoms with Crippen LogP contribution in [0, 0.1) is 0 Å². The second-order valence-electron chi connectivity index (χ2n) is 3.95. The summed E-state index contributed by atoms with van der Waals surface area (Å²) in [6.07, 6.45) is 0. The van der Waals surface area contributed by atoms with Gasteiger partial charge in [-0.2, -0.15) is 16.8 Å². The Morgan fingerprint density at radius 3 is 1.14 bits per heavy atom. The molecule has 0 aromatic heterocycles. The van der Waals surface area contributed by atoms with Crippen molar-refractivity contribution in [2.75, 3.05) is 0 Å². The third kappa shape index (κ3) is 4.19. The topological polar surface area (TPSA) is 86.7 Å². The lowest BCUT2D eigenvalue weighted by Gasteiger charge is -2.05. The molecular weight excluding hydrogens is 375 g/mol. The molecule has 6 nitrogen and oxygen atoms in total. The summed E-state index contributed by atoms with van der Waals surface area (Å²) in [7, 11) is -8.82. The van der Waals surface area contributed by atoms with Crippen LogP contribution in [0.2, 0.25) is 10.0 Å². The maximum Gasteiger partial charge on any atom is 0.324 e. The van der Waals surface area contributed by atoms with E-state index in [9.17, 15) is 16.8 Å². The molecule has 10 heteroatoms. The molecule has 0 unspecified atom stereocenters. The van der Waals surface area contributed by atoms with Crippen LogP contribution in [-0.2, 0) is 28.9 Å². The third-order valence-corrected chi connectivity index (χ3v) is 5.20. The molecule has 118 valence electrons. The minimum atomic E-state index is -4.41. The lowest BCUT2D eigenvalue weighted by molar-refractivity contribution is -0.0851. The summed E-state index contributed by atoms with van der Waals surface area (Å²) >= 11 is 11.3. The molecule has 0 N–H and O–H groups in total. The molecule has 0 aliphatic rings. The van der Waals surface area contributed by atoms with Crippen LogP contribution < -0.4 is 0 Å². The van der Waals surface area contributed by atoms with Gasteiger partial charge in [0.2, 0.25) is 0 Å². The summed E-state index contributed by atoms with van der Waals surface area (Å²) in [4.78, 5) is -0.605. The van der Waals surface area contributed by atoms with Crippen LogP contribution >= 0.6 is 23.2 Å². The van der Waals surface area contributed by atoms with Crippen molar-refractivity contribution in [3.63, 3.8) is 0 Å². The first-order valence-corrected chi connectivity index (χ1v) is 9.17. The van der Waals surface area contributed by atoms with Gasteiger partial charge in [-0.05, 0) is 48.5 Å². The number of halogens is 2.